The molecule has 0 aliphatic carbocycles. The summed E-state index contributed by atoms with van der Waals surface area (Å²) in [6, 6.07) is 3.22. The summed E-state index contributed by atoms with van der Waals surface area (Å²) in [4.78, 5) is 23.2. The van der Waals surface area contributed by atoms with E-state index in [1.807, 2.05) is 0 Å². The maximum absolute atomic E-state index is 13.3. The van der Waals surface area contributed by atoms with E-state index in [1.165, 1.54) is 69.3 Å². The number of esters is 1. The van der Waals surface area contributed by atoms with Crippen molar-refractivity contribution < 1.29 is 14.7 Å². The van der Waals surface area contributed by atoms with Crippen LogP contribution in [0.15, 0.2) is 4.99 Å². The Labute approximate surface area is 266 Å². The number of guanidine groups is 1. The van der Waals surface area contributed by atoms with Gasteiger partial charge in [-0.1, -0.05) is 64.7 Å². The molecule has 9 heteroatoms. The van der Waals surface area contributed by atoms with Gasteiger partial charge in [-0.25, -0.2) is 10.1 Å². The number of rotatable bonds is 15. The molecule has 0 saturated carbocycles. The van der Waals surface area contributed by atoms with Crippen LogP contribution in [0.1, 0.15) is 143 Å². The molecule has 6 heterocycles. The van der Waals surface area contributed by atoms with E-state index in [0.717, 1.165) is 63.7 Å². The molecule has 6 rings (SSSR count). The zero-order chi connectivity index (χ0) is 30.6. The highest BCUT2D eigenvalue weighted by molar-refractivity contribution is 5.82. The number of aliphatic imine (C=N–C) groups is 1. The molecule has 10 atom stereocenters. The first-order valence-electron chi connectivity index (χ1n) is 18.7. The molecule has 0 aromatic carbocycles. The van der Waals surface area contributed by atoms with Crippen LogP contribution < -0.4 is 10.6 Å². The zero-order valence-electron chi connectivity index (χ0n) is 28.0. The lowest BCUT2D eigenvalue weighted by molar-refractivity contribution is -0.157. The van der Waals surface area contributed by atoms with Crippen molar-refractivity contribution in [3.8, 4) is 0 Å². The van der Waals surface area contributed by atoms with Crippen LogP contribution in [0.4, 0.5) is 0 Å². The number of carbonyl (C=O) groups is 1. The van der Waals surface area contributed by atoms with Gasteiger partial charge in [-0.2, -0.15) is 0 Å². The maximum Gasteiger partial charge on any atom is 0.312 e. The van der Waals surface area contributed by atoms with E-state index in [1.54, 1.807) is 0 Å². The summed E-state index contributed by atoms with van der Waals surface area (Å²) in [6.45, 7) is 7.16. The van der Waals surface area contributed by atoms with Crippen molar-refractivity contribution in [1.29, 1.82) is 0 Å². The van der Waals surface area contributed by atoms with Gasteiger partial charge in [0.05, 0.1) is 24.6 Å². The molecule has 0 radical (unpaired) electrons. The third-order valence-corrected chi connectivity index (χ3v) is 12.0. The Kier molecular flexibility index (Phi) is 11.1. The van der Waals surface area contributed by atoms with E-state index in [-0.39, 0.29) is 30.3 Å². The fourth-order valence-corrected chi connectivity index (χ4v) is 9.76. The monoisotopic (exact) mass is 614 g/mol. The second-order valence-corrected chi connectivity index (χ2v) is 15.2. The highest BCUT2D eigenvalue weighted by atomic mass is 16.5. The Morgan fingerprint density at radius 1 is 0.864 bits per heavy atom. The summed E-state index contributed by atoms with van der Waals surface area (Å²) in [7, 11) is 0. The third-order valence-electron chi connectivity index (χ3n) is 12.0. The summed E-state index contributed by atoms with van der Waals surface area (Å²) in [5.41, 5.74) is 0. The van der Waals surface area contributed by atoms with Gasteiger partial charge in [0.2, 0.25) is 5.96 Å². The average molecular weight is 615 g/mol. The van der Waals surface area contributed by atoms with Gasteiger partial charge < -0.3 is 9.64 Å². The van der Waals surface area contributed by atoms with Gasteiger partial charge in [-0.15, -0.1) is 0 Å². The van der Waals surface area contributed by atoms with Crippen molar-refractivity contribution in [1.82, 2.24) is 25.5 Å². The lowest BCUT2D eigenvalue weighted by Gasteiger charge is -2.52. The van der Waals surface area contributed by atoms with Gasteiger partial charge >= 0.3 is 5.97 Å². The van der Waals surface area contributed by atoms with Gasteiger partial charge in [0.15, 0.2) is 0 Å². The normalized spacial score (nSPS) is 38.0. The van der Waals surface area contributed by atoms with Crippen molar-refractivity contribution >= 4 is 11.9 Å². The first-order chi connectivity index (χ1) is 21.4. The molecular formula is C35H62N6O3. The number of hydroxylamine groups is 2. The second kappa shape index (κ2) is 15.0. The summed E-state index contributed by atoms with van der Waals surface area (Å²) >= 11 is 0. The average Bonchev–Trinajstić information content (AvgIpc) is 3.61. The number of unbranched alkanes of at least 4 members (excludes halogenated alkanes) is 8. The largest absolute Gasteiger partial charge is 0.465 e. The van der Waals surface area contributed by atoms with Crippen LogP contribution in [0.3, 0.4) is 0 Å². The number of ether oxygens (including phenoxy) is 1. The molecule has 0 aromatic heterocycles. The molecule has 0 amide bonds. The Bertz CT molecular complexity index is 980. The Hall–Kier alpha value is -1.42. The number of hydrogen-bond donors (Lipinski definition) is 3. The third kappa shape index (κ3) is 7.11. The standard InChI is InChI=1S/C35H62N6O3/c1-4-5-6-8-11-14-26-22-28-18-19-31-32(25(3)37-34(38-26)40(28)31)33(42)44-20-13-10-7-9-12-15-30-23-29-17-16-27-21-24(2)36-35(39(27)29)41(30)43/h24-32,34,37-38,43H,4-23H2,1-3H3/t24-,25?,26-,27+,28+,29+,30-,31?,32?,34?/m0/s1. The number of hydrogen-bond acceptors (Lipinski definition) is 9. The molecule has 4 unspecified atom stereocenters. The van der Waals surface area contributed by atoms with Crippen LogP contribution in [0, 0.1) is 5.92 Å². The molecule has 6 aliphatic rings. The Morgan fingerprint density at radius 3 is 2.39 bits per heavy atom. The minimum atomic E-state index is -0.0802. The smallest absolute Gasteiger partial charge is 0.312 e. The highest BCUT2D eigenvalue weighted by Crippen LogP contribution is 2.41. The SMILES string of the molecule is CCCCCCC[C@H]1C[C@H]2CCC3C(C(=O)OCCCCCCC[C@H]4C[C@H]5CC[C@@H]6C[C@H](C)N=C(N4O)N56)C(C)NC(N1)N32. The predicted octanol–water partition coefficient (Wildman–Crippen LogP) is 5.76. The fourth-order valence-electron chi connectivity index (χ4n) is 9.76. The van der Waals surface area contributed by atoms with Crippen LogP contribution in [-0.4, -0.2) is 93.2 Å². The van der Waals surface area contributed by atoms with E-state index >= 15 is 0 Å². The van der Waals surface area contributed by atoms with Crippen molar-refractivity contribution in [3.63, 3.8) is 0 Å². The van der Waals surface area contributed by atoms with Crippen molar-refractivity contribution in [3.05, 3.63) is 0 Å². The molecule has 0 bridgehead atoms. The molecule has 9 nitrogen and oxygen atoms in total. The van der Waals surface area contributed by atoms with Crippen molar-refractivity contribution in [2.45, 2.75) is 197 Å². The molecule has 250 valence electrons. The lowest BCUT2D eigenvalue weighted by atomic mass is 9.88. The molecule has 0 spiro atoms. The second-order valence-electron chi connectivity index (χ2n) is 15.2. The first-order valence-corrected chi connectivity index (χ1v) is 18.7. The number of nitrogens with one attached hydrogen (secondary N) is 2. The van der Waals surface area contributed by atoms with E-state index < -0.39 is 0 Å². The van der Waals surface area contributed by atoms with E-state index in [4.69, 9.17) is 9.73 Å². The quantitative estimate of drug-likeness (QED) is 0.158. The topological polar surface area (TPSA) is 92.7 Å². The Balaban J connectivity index is 0.864. The van der Waals surface area contributed by atoms with E-state index in [0.29, 0.717) is 42.9 Å². The van der Waals surface area contributed by atoms with Gasteiger partial charge in [0.1, 0.15) is 6.29 Å². The first kappa shape index (κ1) is 32.5. The molecular weight excluding hydrogens is 552 g/mol. The van der Waals surface area contributed by atoms with Crippen LogP contribution in [0.5, 0.6) is 0 Å². The highest BCUT2D eigenvalue weighted by Gasteiger charge is 2.53. The Morgan fingerprint density at radius 2 is 1.57 bits per heavy atom. The zero-order valence-corrected chi connectivity index (χ0v) is 28.0. The van der Waals surface area contributed by atoms with E-state index in [2.05, 4.69) is 41.2 Å². The predicted molar refractivity (Wildman–Crippen MR) is 174 cm³/mol. The van der Waals surface area contributed by atoms with Crippen LogP contribution in [0.25, 0.3) is 0 Å². The molecule has 0 aromatic rings. The van der Waals surface area contributed by atoms with Gasteiger partial charge in [0.25, 0.3) is 0 Å². The molecule has 5 saturated heterocycles. The van der Waals surface area contributed by atoms with Gasteiger partial charge in [0, 0.05) is 36.3 Å². The minimum Gasteiger partial charge on any atom is -0.465 e. The molecule has 6 aliphatic heterocycles. The van der Waals surface area contributed by atoms with Gasteiger partial charge in [-0.05, 0) is 78.1 Å². The summed E-state index contributed by atoms with van der Waals surface area (Å²) in [5.74, 6) is 0.758. The number of nitrogens with zero attached hydrogens (tertiary/aromatic N) is 4. The van der Waals surface area contributed by atoms with Gasteiger partial charge in [-0.3, -0.25) is 25.5 Å². The lowest BCUT2D eigenvalue weighted by Crippen LogP contribution is -2.73. The van der Waals surface area contributed by atoms with E-state index in [9.17, 15) is 10.0 Å². The molecule has 44 heavy (non-hydrogen) atoms. The fraction of sp³-hybridized carbons (Fsp3) is 0.943. The van der Waals surface area contributed by atoms with Crippen LogP contribution >= 0.6 is 0 Å². The number of carbonyl (C=O) groups excluding carboxylic acids is 1. The molecule has 3 N–H and O–H groups in total. The summed E-state index contributed by atoms with van der Waals surface area (Å²) < 4.78 is 5.91. The van der Waals surface area contributed by atoms with Crippen LogP contribution in [0.2, 0.25) is 0 Å². The minimum absolute atomic E-state index is 0.00405. The van der Waals surface area contributed by atoms with Crippen molar-refractivity contribution in [2.24, 2.45) is 10.9 Å². The van der Waals surface area contributed by atoms with Crippen LogP contribution in [-0.2, 0) is 9.53 Å². The summed E-state index contributed by atoms with van der Waals surface area (Å²) in [6.07, 6.45) is 22.8. The molecule has 5 fully saturated rings. The summed E-state index contributed by atoms with van der Waals surface area (Å²) in [5, 5.41) is 20.1. The van der Waals surface area contributed by atoms with Crippen molar-refractivity contribution in [2.75, 3.05) is 6.61 Å². The maximum atomic E-state index is 13.3.